The van der Waals surface area contributed by atoms with Crippen LogP contribution in [0.1, 0.15) is 110 Å². The van der Waals surface area contributed by atoms with Crippen molar-refractivity contribution in [2.24, 2.45) is 10.2 Å². The number of phosphoric ester groups is 1. The second kappa shape index (κ2) is 36.7. The molecule has 2 aliphatic heterocycles. The maximum atomic E-state index is 13.2. The van der Waals surface area contributed by atoms with Gasteiger partial charge in [-0.3, -0.25) is 33.1 Å². The molecule has 536 valence electrons. The van der Waals surface area contributed by atoms with Crippen molar-refractivity contribution < 1.29 is 93.8 Å². The zero-order valence-electron chi connectivity index (χ0n) is 54.1. The fourth-order valence-corrected chi connectivity index (χ4v) is 13.6. The second-order valence-electron chi connectivity index (χ2n) is 22.9. The number of unbranched alkanes of at least 4 members (excludes halogenated alkanes) is 2. The van der Waals surface area contributed by atoms with E-state index in [1.165, 1.54) is 12.1 Å². The van der Waals surface area contributed by atoms with Gasteiger partial charge in [0.05, 0.1) is 24.8 Å². The first kappa shape index (κ1) is 78.1. The summed E-state index contributed by atoms with van der Waals surface area (Å²) in [5, 5.41) is 21.1. The van der Waals surface area contributed by atoms with Gasteiger partial charge in [0.15, 0.2) is 6.23 Å². The van der Waals surface area contributed by atoms with E-state index in [4.69, 9.17) is 49.9 Å². The lowest BCUT2D eigenvalue weighted by Crippen LogP contribution is -2.49. The number of nitrogen functional groups attached to an aromatic ring is 1. The largest absolute Gasteiger partial charge is 0.491 e. The van der Waals surface area contributed by atoms with Gasteiger partial charge in [-0.25, -0.2) is 23.3 Å². The molecule has 0 spiro atoms. The number of amides is 5. The van der Waals surface area contributed by atoms with Crippen LogP contribution in [0.25, 0.3) is 31.9 Å². The lowest BCUT2D eigenvalue weighted by molar-refractivity contribution is -0.128. The number of nitrogens with one attached hydrogen (secondary N) is 5. The molecular weight excluding hydrogens is 1380 g/mol. The molecule has 0 radical (unpaired) electrons. The third-order valence-corrected chi connectivity index (χ3v) is 18.9. The van der Waals surface area contributed by atoms with Crippen LogP contribution in [0.5, 0.6) is 5.75 Å². The summed E-state index contributed by atoms with van der Waals surface area (Å²) in [6, 6.07) is 11.5. The molecule has 0 saturated carbocycles. The van der Waals surface area contributed by atoms with Gasteiger partial charge in [0, 0.05) is 95.4 Å². The third-order valence-electron chi connectivity index (χ3n) is 15.1. The number of fused-ring (bicyclic) bond motifs is 2. The van der Waals surface area contributed by atoms with Gasteiger partial charge in [-0.1, -0.05) is 65.4 Å². The van der Waals surface area contributed by atoms with E-state index in [-0.39, 0.29) is 96.5 Å². The minimum Gasteiger partial charge on any atom is -0.491 e. The lowest BCUT2D eigenvalue weighted by atomic mass is 9.79. The minimum atomic E-state index is -5.86. The van der Waals surface area contributed by atoms with Crippen LogP contribution in [0.4, 0.5) is 11.5 Å². The Morgan fingerprint density at radius 3 is 2.34 bits per heavy atom. The van der Waals surface area contributed by atoms with Gasteiger partial charge < -0.3 is 80.2 Å². The smallest absolute Gasteiger partial charge is 0.490 e. The molecule has 0 bridgehead atoms. The summed E-state index contributed by atoms with van der Waals surface area (Å²) < 4.78 is 76.2. The Bertz CT molecular complexity index is 4250. The number of phosphoric acid groups is 3. The van der Waals surface area contributed by atoms with Gasteiger partial charge in [-0.05, 0) is 111 Å². The van der Waals surface area contributed by atoms with Crippen LogP contribution in [0.2, 0.25) is 0 Å². The lowest BCUT2D eigenvalue weighted by Gasteiger charge is -2.47. The van der Waals surface area contributed by atoms with Crippen LogP contribution in [-0.4, -0.2) is 148 Å². The first-order valence-electron chi connectivity index (χ1n) is 30.9. The van der Waals surface area contributed by atoms with E-state index in [0.29, 0.717) is 61.9 Å². The van der Waals surface area contributed by atoms with E-state index in [0.717, 1.165) is 28.4 Å². The quantitative estimate of drug-likeness (QED) is 0.00520. The Morgan fingerprint density at radius 2 is 1.59 bits per heavy atom. The highest BCUT2D eigenvalue weighted by Crippen LogP contribution is 2.66. The predicted octanol–water partition coefficient (Wildman–Crippen LogP) is 5.46. The van der Waals surface area contributed by atoms with Crippen molar-refractivity contribution in [2.75, 3.05) is 76.5 Å². The molecule has 1 aliphatic carbocycles. The average molecular weight is 1450 g/mol. The Balaban J connectivity index is 0.787. The zero-order valence-corrected chi connectivity index (χ0v) is 56.8. The summed E-state index contributed by atoms with van der Waals surface area (Å²) >= 11 is 0. The van der Waals surface area contributed by atoms with Crippen LogP contribution in [-0.2, 0) is 55.4 Å². The van der Waals surface area contributed by atoms with Crippen molar-refractivity contribution >= 4 is 75.5 Å². The molecule has 2 aromatic heterocycles. The standard InChI is InChI=1S/C60H74N15O22P3/c1-38-32-60(2,3)75(46-30-47-42(28-44(38)46)29-45(58(81)95-47)57(80)68-25-24-67-55(78)39-15-8-5-4-6-9-16-39)26-14-20-50(76)64-21-10-7-11-22-66-56(79)40-17-12-19-43(27-40)90-36-52(71-73-63)91-35-51(77)65-23-13-18-41-33-74(59(82)70-54(41)61)53-31-48(92-37-69-72-62)49(94-53)34-93-99(86,87)97-100(88,89)96-98(83,84)85/h4-6,8-9,12,15-17,19,27-30,33,38,48-49,52-53H,7,10-11,14,20-26,31-32,34-37H2,1-3H3,(H,64,76)(H,65,77)(H,66,79)(H,67,78)(H,68,80)(H,86,87)(H,88,89)(H2,61,70,82)(H2,83,84,85)/b5-4-,6-4?,8-5?,9-6-,15-8-,16-9?,39-15?,39-16+. The van der Waals surface area contributed by atoms with Gasteiger partial charge in [0.25, 0.3) is 17.7 Å². The first-order chi connectivity index (χ1) is 47.5. The predicted molar refractivity (Wildman–Crippen MR) is 357 cm³/mol. The zero-order chi connectivity index (χ0) is 72.6. The highest BCUT2D eigenvalue weighted by atomic mass is 31.3. The number of allylic oxidation sites excluding steroid dienone is 6. The van der Waals surface area contributed by atoms with Crippen molar-refractivity contribution in [2.45, 2.75) is 102 Å². The number of benzene rings is 2. The summed E-state index contributed by atoms with van der Waals surface area (Å²) in [6.45, 7) is 5.05. The van der Waals surface area contributed by atoms with Crippen LogP contribution < -0.4 is 53.3 Å². The number of nitrogens with zero attached hydrogens (tertiary/aromatic N) is 9. The Hall–Kier alpha value is -9.29. The molecule has 4 heterocycles. The Morgan fingerprint density at radius 1 is 0.860 bits per heavy atom. The van der Waals surface area contributed by atoms with Crippen LogP contribution in [0.15, 0.2) is 121 Å². The third kappa shape index (κ3) is 24.3. The van der Waals surface area contributed by atoms with Gasteiger partial charge in [0.1, 0.15) is 55.0 Å². The average Bonchev–Trinajstić information content (AvgIpc) is 0.977. The highest BCUT2D eigenvalue weighted by molar-refractivity contribution is 7.66. The molecular formula is C60H74N15O22P3. The first-order valence-corrected chi connectivity index (χ1v) is 35.4. The van der Waals surface area contributed by atoms with Crippen molar-refractivity contribution in [3.8, 4) is 17.6 Å². The number of anilines is 2. The number of hydrogen-bond donors (Lipinski definition) is 10. The van der Waals surface area contributed by atoms with Gasteiger partial charge >= 0.3 is 34.8 Å². The number of nitrogens with two attached hydrogens (primary N) is 1. The maximum Gasteiger partial charge on any atom is 0.490 e. The van der Waals surface area contributed by atoms with Crippen molar-refractivity contribution in [3.63, 3.8) is 0 Å². The fraction of sp³-hybridized carbons (Fsp3) is 0.433. The normalized spacial score (nSPS) is 19.8. The highest BCUT2D eigenvalue weighted by Gasteiger charge is 2.44. The molecule has 3 aliphatic rings. The van der Waals surface area contributed by atoms with Crippen molar-refractivity contribution in [1.29, 1.82) is 0 Å². The molecule has 7 unspecified atom stereocenters. The number of aromatic nitrogens is 2. The molecule has 5 amide bonds. The van der Waals surface area contributed by atoms with Gasteiger partial charge in [-0.2, -0.15) is 13.6 Å². The Kier molecular flexibility index (Phi) is 28.6. The Labute approximate surface area is 570 Å². The SMILES string of the molecule is CC1CC(C)(C)N(CCCC(=O)NCCCCCNC(=O)c2cccc(OCC(N=[N+]=[N-])OCC(=O)NCC#Cc3cn(C4CC(OCN=[N+]=[N-])C(COP(=O)(O)OP(=O)(O)OP(=O)(O)O)O4)c(=O)nc3N)c2)c2cc3oc(=O)c(C(=O)NCCNC(=O)C4=C/C=C\C=C/C=C\4)cc3cc21. The summed E-state index contributed by atoms with van der Waals surface area (Å²) in [4.78, 5) is 139. The molecule has 11 N–H and O–H groups in total. The molecule has 2 aromatic carbocycles. The summed E-state index contributed by atoms with van der Waals surface area (Å²) in [5.41, 5.74) is 24.5. The van der Waals surface area contributed by atoms with E-state index in [9.17, 15) is 57.0 Å². The van der Waals surface area contributed by atoms with Crippen molar-refractivity contribution in [1.82, 2.24) is 36.1 Å². The molecule has 7 rings (SSSR count). The molecule has 4 aromatic rings. The fourth-order valence-electron chi connectivity index (χ4n) is 10.6. The van der Waals surface area contributed by atoms with E-state index in [1.807, 2.05) is 18.2 Å². The van der Waals surface area contributed by atoms with Gasteiger partial charge in [-0.15, -0.1) is 0 Å². The second-order valence-corrected chi connectivity index (χ2v) is 27.4. The van der Waals surface area contributed by atoms with Gasteiger partial charge in [0.2, 0.25) is 11.8 Å². The molecule has 7 atom stereocenters. The summed E-state index contributed by atoms with van der Waals surface area (Å²) in [7, 11) is -17.2. The summed E-state index contributed by atoms with van der Waals surface area (Å²) in [6.07, 6.45) is 11.6. The molecule has 1 fully saturated rings. The molecule has 100 heavy (non-hydrogen) atoms. The molecule has 40 heteroatoms. The number of hydrogen-bond acceptors (Lipinski definition) is 23. The van der Waals surface area contributed by atoms with Crippen molar-refractivity contribution in [3.05, 3.63) is 161 Å². The molecule has 37 nitrogen and oxygen atoms in total. The number of azide groups is 2. The monoisotopic (exact) mass is 1450 g/mol. The molecule has 1 saturated heterocycles. The maximum absolute atomic E-state index is 13.2. The number of carbonyl (C=O) groups is 5. The summed E-state index contributed by atoms with van der Waals surface area (Å²) in [5.74, 6) is 3.13. The number of carbonyl (C=O) groups excluding carboxylic acids is 5. The van der Waals surface area contributed by atoms with E-state index in [1.54, 1.807) is 54.7 Å². The van der Waals surface area contributed by atoms with E-state index in [2.05, 4.69) is 102 Å². The number of rotatable bonds is 35. The van der Waals surface area contributed by atoms with Crippen LogP contribution >= 0.6 is 23.5 Å². The van der Waals surface area contributed by atoms with E-state index >= 15 is 0 Å². The topological polar surface area (TPSA) is 534 Å². The number of ether oxygens (including phenoxy) is 4. The van der Waals surface area contributed by atoms with Crippen LogP contribution in [0, 0.1) is 11.8 Å². The van der Waals surface area contributed by atoms with Crippen LogP contribution in [0.3, 0.4) is 0 Å². The minimum absolute atomic E-state index is 0.0501. The van der Waals surface area contributed by atoms with E-state index < -0.39 is 91.2 Å².